The van der Waals surface area contributed by atoms with Crippen molar-refractivity contribution >= 4 is 17.5 Å². The second-order valence-electron chi connectivity index (χ2n) is 4.67. The van der Waals surface area contributed by atoms with Crippen LogP contribution in [0.15, 0.2) is 24.7 Å². The number of hydrogen-bond acceptors (Lipinski definition) is 6. The number of esters is 1. The Morgan fingerprint density at radius 2 is 2.24 bits per heavy atom. The maximum Gasteiger partial charge on any atom is 0.341 e. The zero-order valence-corrected chi connectivity index (χ0v) is 12.4. The molecule has 0 saturated heterocycles. The molecule has 7 nitrogen and oxygen atoms in total. The van der Waals surface area contributed by atoms with Crippen LogP contribution in [-0.4, -0.2) is 34.2 Å². The largest absolute Gasteiger partial charge is 0.462 e. The minimum atomic E-state index is -0.431. The Balaban J connectivity index is 2.29. The van der Waals surface area contributed by atoms with E-state index in [1.165, 1.54) is 6.20 Å². The van der Waals surface area contributed by atoms with Crippen LogP contribution in [0.4, 0.5) is 11.5 Å². The highest BCUT2D eigenvalue weighted by molar-refractivity contribution is 5.95. The third kappa shape index (κ3) is 3.31. The predicted octanol–water partition coefficient (Wildman–Crippen LogP) is 1.21. The second-order valence-corrected chi connectivity index (χ2v) is 4.67. The molecule has 0 amide bonds. The molecule has 2 heterocycles. The van der Waals surface area contributed by atoms with E-state index in [1.54, 1.807) is 19.2 Å². The average Bonchev–Trinajstić information content (AvgIpc) is 2.84. The van der Waals surface area contributed by atoms with Crippen molar-refractivity contribution in [1.29, 1.82) is 0 Å². The van der Waals surface area contributed by atoms with Gasteiger partial charge in [-0.2, -0.15) is 0 Å². The summed E-state index contributed by atoms with van der Waals surface area (Å²) >= 11 is 0. The van der Waals surface area contributed by atoms with E-state index >= 15 is 0 Å². The first kappa shape index (κ1) is 14.8. The van der Waals surface area contributed by atoms with E-state index in [9.17, 15) is 4.79 Å². The molecule has 2 aromatic rings. The van der Waals surface area contributed by atoms with Crippen molar-refractivity contribution in [3.05, 3.63) is 36.0 Å². The molecule has 0 radical (unpaired) electrons. The Labute approximate surface area is 123 Å². The van der Waals surface area contributed by atoms with E-state index in [1.807, 2.05) is 29.8 Å². The lowest BCUT2D eigenvalue weighted by Gasteiger charge is -2.20. The lowest BCUT2D eigenvalue weighted by atomic mass is 10.2. The minimum Gasteiger partial charge on any atom is -0.462 e. The van der Waals surface area contributed by atoms with Crippen LogP contribution in [0.1, 0.15) is 23.1 Å². The quantitative estimate of drug-likeness (QED) is 0.833. The molecule has 21 heavy (non-hydrogen) atoms. The maximum absolute atomic E-state index is 12.0. The number of ether oxygens (including phenoxy) is 1. The van der Waals surface area contributed by atoms with E-state index < -0.39 is 5.97 Å². The summed E-state index contributed by atoms with van der Waals surface area (Å²) < 4.78 is 6.97. The van der Waals surface area contributed by atoms with Crippen LogP contribution in [0, 0.1) is 0 Å². The summed E-state index contributed by atoms with van der Waals surface area (Å²) in [6.07, 6.45) is 5.12. The predicted molar refractivity (Wildman–Crippen MR) is 79.9 cm³/mol. The van der Waals surface area contributed by atoms with Crippen LogP contribution in [0.2, 0.25) is 0 Å². The van der Waals surface area contributed by atoms with Crippen molar-refractivity contribution in [1.82, 2.24) is 14.5 Å². The van der Waals surface area contributed by atoms with Crippen molar-refractivity contribution in [2.75, 3.05) is 24.3 Å². The van der Waals surface area contributed by atoms with Gasteiger partial charge in [-0.15, -0.1) is 0 Å². The molecular formula is C14H19N5O2. The fourth-order valence-corrected chi connectivity index (χ4v) is 1.97. The molecule has 0 saturated carbocycles. The molecule has 112 valence electrons. The summed E-state index contributed by atoms with van der Waals surface area (Å²) in [5, 5.41) is 0. The van der Waals surface area contributed by atoms with Crippen LogP contribution in [0.5, 0.6) is 0 Å². The SMILES string of the molecule is CCOC(=O)c1cc(N)cnc1N(C)Cc1nccn1C. The fourth-order valence-electron chi connectivity index (χ4n) is 1.97. The number of nitrogen functional groups attached to an aromatic ring is 1. The van der Waals surface area contributed by atoms with Gasteiger partial charge in [0.25, 0.3) is 0 Å². The van der Waals surface area contributed by atoms with E-state index in [0.717, 1.165) is 5.82 Å². The fraction of sp³-hybridized carbons (Fsp3) is 0.357. The molecule has 0 aliphatic rings. The lowest BCUT2D eigenvalue weighted by Crippen LogP contribution is -2.23. The number of aryl methyl sites for hydroxylation is 1. The van der Waals surface area contributed by atoms with Gasteiger partial charge >= 0.3 is 5.97 Å². The number of rotatable bonds is 5. The molecule has 0 fully saturated rings. The first-order valence-corrected chi connectivity index (χ1v) is 6.63. The van der Waals surface area contributed by atoms with Crippen molar-refractivity contribution in [2.24, 2.45) is 7.05 Å². The Morgan fingerprint density at radius 1 is 1.48 bits per heavy atom. The van der Waals surface area contributed by atoms with Crippen LogP contribution in [0.25, 0.3) is 0 Å². The zero-order chi connectivity index (χ0) is 15.4. The first-order chi connectivity index (χ1) is 10.0. The van der Waals surface area contributed by atoms with Crippen LogP contribution in [0.3, 0.4) is 0 Å². The smallest absolute Gasteiger partial charge is 0.341 e. The normalized spacial score (nSPS) is 10.4. The lowest BCUT2D eigenvalue weighted by molar-refractivity contribution is 0.0526. The summed E-state index contributed by atoms with van der Waals surface area (Å²) in [6, 6.07) is 1.58. The van der Waals surface area contributed by atoms with Crippen LogP contribution in [-0.2, 0) is 18.3 Å². The number of anilines is 2. The van der Waals surface area contributed by atoms with E-state index in [4.69, 9.17) is 10.5 Å². The van der Waals surface area contributed by atoms with Gasteiger partial charge < -0.3 is 19.9 Å². The number of carbonyl (C=O) groups is 1. The van der Waals surface area contributed by atoms with E-state index in [2.05, 4.69) is 9.97 Å². The van der Waals surface area contributed by atoms with Crippen LogP contribution >= 0.6 is 0 Å². The topological polar surface area (TPSA) is 86.3 Å². The number of hydrogen-bond donors (Lipinski definition) is 1. The highest BCUT2D eigenvalue weighted by atomic mass is 16.5. The zero-order valence-electron chi connectivity index (χ0n) is 12.4. The molecule has 0 unspecified atom stereocenters. The Morgan fingerprint density at radius 3 is 2.86 bits per heavy atom. The highest BCUT2D eigenvalue weighted by Crippen LogP contribution is 2.21. The molecule has 2 rings (SSSR count). The molecule has 2 N–H and O–H groups in total. The number of nitrogens with two attached hydrogens (primary N) is 1. The number of imidazole rings is 1. The molecule has 0 aromatic carbocycles. The average molecular weight is 289 g/mol. The number of aromatic nitrogens is 3. The van der Waals surface area contributed by atoms with E-state index in [-0.39, 0.29) is 0 Å². The van der Waals surface area contributed by atoms with Gasteiger partial charge in [0.2, 0.25) is 0 Å². The number of nitrogens with zero attached hydrogens (tertiary/aromatic N) is 4. The van der Waals surface area contributed by atoms with Crippen molar-refractivity contribution in [2.45, 2.75) is 13.5 Å². The Hall–Kier alpha value is -2.57. The van der Waals surface area contributed by atoms with Crippen molar-refractivity contribution in [3.63, 3.8) is 0 Å². The van der Waals surface area contributed by atoms with Gasteiger partial charge in [-0.25, -0.2) is 14.8 Å². The summed E-state index contributed by atoms with van der Waals surface area (Å²) in [5.41, 5.74) is 6.49. The first-order valence-electron chi connectivity index (χ1n) is 6.63. The monoisotopic (exact) mass is 289 g/mol. The molecule has 0 aliphatic heterocycles. The van der Waals surface area contributed by atoms with Gasteiger partial charge in [-0.05, 0) is 13.0 Å². The summed E-state index contributed by atoms with van der Waals surface area (Å²) in [6.45, 7) is 2.58. The van der Waals surface area contributed by atoms with Crippen LogP contribution < -0.4 is 10.6 Å². The summed E-state index contributed by atoms with van der Waals surface area (Å²) in [4.78, 5) is 22.4. The van der Waals surface area contributed by atoms with Gasteiger partial charge in [0.1, 0.15) is 17.2 Å². The molecule has 7 heteroatoms. The van der Waals surface area contributed by atoms with Gasteiger partial charge in [0.15, 0.2) is 0 Å². The van der Waals surface area contributed by atoms with Gasteiger partial charge in [-0.3, -0.25) is 0 Å². The molecular weight excluding hydrogens is 270 g/mol. The highest BCUT2D eigenvalue weighted by Gasteiger charge is 2.18. The molecule has 0 aliphatic carbocycles. The van der Waals surface area contributed by atoms with Gasteiger partial charge in [0, 0.05) is 26.5 Å². The number of pyridine rings is 1. The summed E-state index contributed by atoms with van der Waals surface area (Å²) in [5.74, 6) is 0.954. The Kier molecular flexibility index (Phi) is 4.42. The third-order valence-electron chi connectivity index (χ3n) is 3.04. The molecule has 0 spiro atoms. The van der Waals surface area contributed by atoms with Gasteiger partial charge in [-0.1, -0.05) is 0 Å². The molecule has 0 atom stereocenters. The van der Waals surface area contributed by atoms with Gasteiger partial charge in [0.05, 0.1) is 25.0 Å². The van der Waals surface area contributed by atoms with Crippen molar-refractivity contribution < 1.29 is 9.53 Å². The maximum atomic E-state index is 12.0. The van der Waals surface area contributed by atoms with E-state index in [0.29, 0.717) is 30.2 Å². The summed E-state index contributed by atoms with van der Waals surface area (Å²) in [7, 11) is 3.76. The third-order valence-corrected chi connectivity index (χ3v) is 3.04. The van der Waals surface area contributed by atoms with Crippen molar-refractivity contribution in [3.8, 4) is 0 Å². The second kappa shape index (κ2) is 6.25. The minimum absolute atomic E-state index is 0.302. The molecule has 2 aromatic heterocycles. The standard InChI is InChI=1S/C14H19N5O2/c1-4-21-14(20)11-7-10(15)8-17-13(11)19(3)9-12-16-5-6-18(12)2/h5-8H,4,9,15H2,1-3H3. The number of carbonyl (C=O) groups excluding carboxylic acids is 1. The Bertz CT molecular complexity index is 638. The molecule has 0 bridgehead atoms.